The first-order valence-electron chi connectivity index (χ1n) is 6.38. The van der Waals surface area contributed by atoms with Crippen LogP contribution < -0.4 is 10.7 Å². The van der Waals surface area contributed by atoms with Gasteiger partial charge in [0.25, 0.3) is 0 Å². The van der Waals surface area contributed by atoms with Gasteiger partial charge in [0.2, 0.25) is 0 Å². The van der Waals surface area contributed by atoms with E-state index in [2.05, 4.69) is 5.10 Å². The Morgan fingerprint density at radius 3 is 2.65 bits per heavy atom. The summed E-state index contributed by atoms with van der Waals surface area (Å²) in [5.41, 5.74) is 10.2. The second kappa shape index (κ2) is 5.74. The lowest BCUT2D eigenvalue weighted by Gasteiger charge is -2.15. The average Bonchev–Trinajstić information content (AvgIpc) is 2.41. The van der Waals surface area contributed by atoms with E-state index in [0.717, 1.165) is 16.8 Å². The van der Waals surface area contributed by atoms with E-state index in [1.807, 2.05) is 32.0 Å². The molecule has 2 N–H and O–H groups in total. The lowest BCUT2D eigenvalue weighted by molar-refractivity contribution is 0.627. The highest BCUT2D eigenvalue weighted by Gasteiger charge is 2.06. The summed E-state index contributed by atoms with van der Waals surface area (Å²) in [6.45, 7) is 3.90. The number of hydrazone groups is 1. The molecule has 2 rings (SSSR count). The number of anilines is 2. The monoisotopic (exact) mass is 271 g/mol. The van der Waals surface area contributed by atoms with Crippen LogP contribution in [0.15, 0.2) is 47.6 Å². The fraction of sp³-hybridized carbons (Fsp3) is 0.188. The van der Waals surface area contributed by atoms with E-state index in [4.69, 9.17) is 5.73 Å². The number of benzene rings is 2. The Bertz CT molecular complexity index is 650. The van der Waals surface area contributed by atoms with Crippen LogP contribution in [-0.4, -0.2) is 12.8 Å². The lowest BCUT2D eigenvalue weighted by atomic mass is 10.1. The molecule has 0 fully saturated rings. The van der Waals surface area contributed by atoms with E-state index in [1.165, 1.54) is 12.1 Å². The minimum Gasteiger partial charge on any atom is -0.398 e. The van der Waals surface area contributed by atoms with E-state index in [1.54, 1.807) is 24.2 Å². The predicted octanol–water partition coefficient (Wildman–Crippen LogP) is 3.58. The number of nitrogens with zero attached hydrogens (tertiary/aromatic N) is 2. The van der Waals surface area contributed by atoms with E-state index in [9.17, 15) is 4.39 Å². The van der Waals surface area contributed by atoms with Crippen molar-refractivity contribution < 1.29 is 4.39 Å². The van der Waals surface area contributed by atoms with Gasteiger partial charge in [0.1, 0.15) is 5.82 Å². The third kappa shape index (κ3) is 3.15. The molecular formula is C16H18FN3. The zero-order valence-electron chi connectivity index (χ0n) is 11.9. The van der Waals surface area contributed by atoms with Crippen LogP contribution in [0.3, 0.4) is 0 Å². The van der Waals surface area contributed by atoms with Crippen molar-refractivity contribution in [3.63, 3.8) is 0 Å². The summed E-state index contributed by atoms with van der Waals surface area (Å²) in [5.74, 6) is -0.280. The molecule has 3 nitrogen and oxygen atoms in total. The number of rotatable bonds is 3. The molecule has 0 unspecified atom stereocenters. The van der Waals surface area contributed by atoms with Crippen molar-refractivity contribution in [2.75, 3.05) is 17.8 Å². The van der Waals surface area contributed by atoms with Gasteiger partial charge in [-0.1, -0.05) is 17.7 Å². The summed E-state index contributed by atoms with van der Waals surface area (Å²) >= 11 is 0. The molecule has 0 saturated heterocycles. The molecule has 0 heterocycles. The Balaban J connectivity index is 2.32. The molecule has 2 aromatic carbocycles. The van der Waals surface area contributed by atoms with E-state index in [0.29, 0.717) is 11.4 Å². The third-order valence-electron chi connectivity index (χ3n) is 3.08. The van der Waals surface area contributed by atoms with Gasteiger partial charge >= 0.3 is 0 Å². The molecule has 0 atom stereocenters. The predicted molar refractivity (Wildman–Crippen MR) is 82.6 cm³/mol. The van der Waals surface area contributed by atoms with Gasteiger partial charge in [-0.25, -0.2) is 4.39 Å². The largest absolute Gasteiger partial charge is 0.398 e. The number of hydrogen-bond donors (Lipinski definition) is 1. The standard InChI is InChI=1S/C16H18FN3/c1-11-7-8-16(18)15(9-11)12(2)19-20(3)14-6-4-5-13(17)10-14/h4-10H,18H2,1-3H3/b19-12+. The van der Waals surface area contributed by atoms with Crippen molar-refractivity contribution in [3.8, 4) is 0 Å². The molecule has 0 aliphatic heterocycles. The molecule has 2 aromatic rings. The van der Waals surface area contributed by atoms with Crippen molar-refractivity contribution in [1.82, 2.24) is 0 Å². The number of hydrogen-bond acceptors (Lipinski definition) is 3. The van der Waals surface area contributed by atoms with Crippen molar-refractivity contribution in [3.05, 3.63) is 59.4 Å². The number of nitrogens with two attached hydrogens (primary N) is 1. The smallest absolute Gasteiger partial charge is 0.125 e. The van der Waals surface area contributed by atoms with Gasteiger partial charge in [-0.3, -0.25) is 5.01 Å². The van der Waals surface area contributed by atoms with Crippen LogP contribution in [0, 0.1) is 12.7 Å². The fourth-order valence-electron chi connectivity index (χ4n) is 2.00. The Morgan fingerprint density at radius 1 is 1.20 bits per heavy atom. The highest BCUT2D eigenvalue weighted by Crippen LogP contribution is 2.18. The summed E-state index contributed by atoms with van der Waals surface area (Å²) in [6, 6.07) is 12.1. The van der Waals surface area contributed by atoms with Crippen molar-refractivity contribution >= 4 is 17.1 Å². The van der Waals surface area contributed by atoms with E-state index in [-0.39, 0.29) is 5.82 Å². The number of nitrogen functional groups attached to an aromatic ring is 1. The molecule has 0 radical (unpaired) electrons. The molecule has 0 spiro atoms. The highest BCUT2D eigenvalue weighted by molar-refractivity contribution is 6.03. The first-order chi connectivity index (χ1) is 9.47. The van der Waals surface area contributed by atoms with Gasteiger partial charge in [0.05, 0.1) is 11.4 Å². The summed E-state index contributed by atoms with van der Waals surface area (Å²) in [4.78, 5) is 0. The minimum absolute atomic E-state index is 0.280. The van der Waals surface area contributed by atoms with Crippen LogP contribution in [0.5, 0.6) is 0 Å². The topological polar surface area (TPSA) is 41.6 Å². The fourth-order valence-corrected chi connectivity index (χ4v) is 2.00. The average molecular weight is 271 g/mol. The molecule has 0 bridgehead atoms. The normalized spacial score (nSPS) is 11.5. The van der Waals surface area contributed by atoms with Gasteiger partial charge in [-0.05, 0) is 44.2 Å². The maximum atomic E-state index is 13.2. The molecule has 4 heteroatoms. The summed E-state index contributed by atoms with van der Waals surface area (Å²) in [5, 5.41) is 6.10. The van der Waals surface area contributed by atoms with Gasteiger partial charge in [0.15, 0.2) is 0 Å². The van der Waals surface area contributed by atoms with Gasteiger partial charge in [-0.15, -0.1) is 0 Å². The van der Waals surface area contributed by atoms with Crippen molar-refractivity contribution in [2.45, 2.75) is 13.8 Å². The summed E-state index contributed by atoms with van der Waals surface area (Å²) < 4.78 is 13.2. The first-order valence-corrected chi connectivity index (χ1v) is 6.38. The molecule has 0 saturated carbocycles. The molecule has 0 aliphatic carbocycles. The van der Waals surface area contributed by atoms with Crippen molar-refractivity contribution in [2.24, 2.45) is 5.10 Å². The maximum absolute atomic E-state index is 13.2. The quantitative estimate of drug-likeness (QED) is 0.526. The SMILES string of the molecule is C/C(=N\N(C)c1cccc(F)c1)c1cc(C)ccc1N. The first kappa shape index (κ1) is 14.1. The number of aryl methyl sites for hydroxylation is 1. The maximum Gasteiger partial charge on any atom is 0.125 e. The summed E-state index contributed by atoms with van der Waals surface area (Å²) in [7, 11) is 1.78. The van der Waals surface area contributed by atoms with Crippen LogP contribution in [0.2, 0.25) is 0 Å². The van der Waals surface area contributed by atoms with E-state index >= 15 is 0 Å². The minimum atomic E-state index is -0.280. The zero-order chi connectivity index (χ0) is 14.7. The van der Waals surface area contributed by atoms with Crippen LogP contribution in [-0.2, 0) is 0 Å². The molecule has 20 heavy (non-hydrogen) atoms. The number of halogens is 1. The lowest BCUT2D eigenvalue weighted by Crippen LogP contribution is -2.13. The molecule has 0 aromatic heterocycles. The Morgan fingerprint density at radius 2 is 1.95 bits per heavy atom. The molecule has 0 aliphatic rings. The van der Waals surface area contributed by atoms with E-state index < -0.39 is 0 Å². The van der Waals surface area contributed by atoms with Gasteiger partial charge < -0.3 is 5.73 Å². The second-order valence-corrected chi connectivity index (χ2v) is 4.78. The van der Waals surface area contributed by atoms with Gasteiger partial charge in [0, 0.05) is 18.3 Å². The third-order valence-corrected chi connectivity index (χ3v) is 3.08. The van der Waals surface area contributed by atoms with Crippen LogP contribution in [0.25, 0.3) is 0 Å². The second-order valence-electron chi connectivity index (χ2n) is 4.78. The van der Waals surface area contributed by atoms with Crippen LogP contribution >= 0.6 is 0 Å². The van der Waals surface area contributed by atoms with Crippen LogP contribution in [0.1, 0.15) is 18.1 Å². The van der Waals surface area contributed by atoms with Gasteiger partial charge in [-0.2, -0.15) is 5.10 Å². The van der Waals surface area contributed by atoms with Crippen molar-refractivity contribution in [1.29, 1.82) is 0 Å². The molecular weight excluding hydrogens is 253 g/mol. The van der Waals surface area contributed by atoms with Crippen LogP contribution in [0.4, 0.5) is 15.8 Å². The Labute approximate surface area is 118 Å². The zero-order valence-corrected chi connectivity index (χ0v) is 11.9. The molecule has 0 amide bonds. The molecule has 104 valence electrons. The summed E-state index contributed by atoms with van der Waals surface area (Å²) in [6.07, 6.45) is 0. The Kier molecular flexibility index (Phi) is 4.03. The highest BCUT2D eigenvalue weighted by atomic mass is 19.1. The Hall–Kier alpha value is -2.36.